The molecular weight excluding hydrogens is 316 g/mol. The predicted octanol–water partition coefficient (Wildman–Crippen LogP) is 3.78. The number of nitrogens with zero attached hydrogens (tertiary/aromatic N) is 1. The molecule has 0 saturated heterocycles. The first kappa shape index (κ1) is 15.9. The lowest BCUT2D eigenvalue weighted by molar-refractivity contribution is -0.118. The monoisotopic (exact) mass is 334 g/mol. The summed E-state index contributed by atoms with van der Waals surface area (Å²) in [6, 6.07) is 5.28. The van der Waals surface area contributed by atoms with E-state index in [1.807, 2.05) is 6.92 Å². The number of amides is 1. The lowest BCUT2D eigenvalue weighted by Gasteiger charge is -2.16. The largest absolute Gasteiger partial charge is 0.483 e. The fourth-order valence-corrected chi connectivity index (χ4v) is 2.99. The van der Waals surface area contributed by atoms with Crippen molar-refractivity contribution in [1.29, 1.82) is 0 Å². The maximum absolute atomic E-state index is 12.1. The Morgan fingerprint density at radius 2 is 2.35 bits per heavy atom. The normalized spacial score (nSPS) is 16.7. The second-order valence-corrected chi connectivity index (χ2v) is 6.47. The summed E-state index contributed by atoms with van der Waals surface area (Å²) >= 11 is 5.90. The van der Waals surface area contributed by atoms with Crippen LogP contribution in [-0.2, 0) is 17.6 Å². The highest BCUT2D eigenvalue weighted by Crippen LogP contribution is 2.30. The summed E-state index contributed by atoms with van der Waals surface area (Å²) in [6.07, 6.45) is 2.88. The molecule has 0 unspecified atom stereocenters. The van der Waals surface area contributed by atoms with Crippen LogP contribution >= 0.6 is 11.6 Å². The number of rotatable bonds is 4. The fraction of sp³-hybridized carbons (Fsp3) is 0.412. The van der Waals surface area contributed by atoms with Crippen molar-refractivity contribution in [3.05, 3.63) is 40.0 Å². The van der Waals surface area contributed by atoms with Gasteiger partial charge in [-0.2, -0.15) is 0 Å². The molecule has 1 N–H and O–H groups in total. The average molecular weight is 335 g/mol. The molecule has 1 aliphatic rings. The zero-order chi connectivity index (χ0) is 16.4. The molecule has 1 aromatic carbocycles. The standard InChI is InChI=1S/C17H19ClN2O3/c1-10-3-5-14-13(7-10)17(23-20-14)19-16(21)9-22-15-6-4-12(18)8-11(15)2/h4,6,8,10H,3,5,7,9H2,1-2H3,(H,19,21)/t10-/m0/s1. The number of hydrogen-bond donors (Lipinski definition) is 1. The number of halogens is 1. The van der Waals surface area contributed by atoms with Crippen molar-refractivity contribution >= 4 is 23.4 Å². The maximum Gasteiger partial charge on any atom is 0.264 e. The van der Waals surface area contributed by atoms with E-state index in [4.69, 9.17) is 20.9 Å². The van der Waals surface area contributed by atoms with Gasteiger partial charge in [-0.3, -0.25) is 10.1 Å². The van der Waals surface area contributed by atoms with Gasteiger partial charge in [0, 0.05) is 10.6 Å². The highest BCUT2D eigenvalue weighted by molar-refractivity contribution is 6.30. The first-order chi connectivity index (χ1) is 11.0. The number of carbonyl (C=O) groups excluding carboxylic acids is 1. The van der Waals surface area contributed by atoms with Crippen LogP contribution in [0, 0.1) is 12.8 Å². The second-order valence-electron chi connectivity index (χ2n) is 6.03. The lowest BCUT2D eigenvalue weighted by Crippen LogP contribution is -2.21. The van der Waals surface area contributed by atoms with E-state index in [9.17, 15) is 4.79 Å². The molecule has 0 spiro atoms. The zero-order valence-corrected chi connectivity index (χ0v) is 13.9. The summed E-state index contributed by atoms with van der Waals surface area (Å²) in [6.45, 7) is 3.98. The fourth-order valence-electron chi connectivity index (χ4n) is 2.76. The van der Waals surface area contributed by atoms with Crippen LogP contribution in [0.25, 0.3) is 0 Å². The first-order valence-electron chi connectivity index (χ1n) is 7.69. The van der Waals surface area contributed by atoms with E-state index in [2.05, 4.69) is 17.4 Å². The number of ether oxygens (including phenoxy) is 1. The molecule has 0 bridgehead atoms. The number of hydrogen-bond acceptors (Lipinski definition) is 4. The van der Waals surface area contributed by atoms with Crippen LogP contribution in [0.1, 0.15) is 30.2 Å². The van der Waals surface area contributed by atoms with Crippen LogP contribution in [0.5, 0.6) is 5.75 Å². The van der Waals surface area contributed by atoms with Gasteiger partial charge < -0.3 is 9.26 Å². The Morgan fingerprint density at radius 1 is 1.52 bits per heavy atom. The van der Waals surface area contributed by atoms with E-state index in [0.717, 1.165) is 36.1 Å². The Hall–Kier alpha value is -2.01. The van der Waals surface area contributed by atoms with E-state index in [0.29, 0.717) is 22.6 Å². The molecule has 0 radical (unpaired) electrons. The van der Waals surface area contributed by atoms with Crippen molar-refractivity contribution in [2.45, 2.75) is 33.1 Å². The quantitative estimate of drug-likeness (QED) is 0.924. The molecule has 0 aliphatic heterocycles. The van der Waals surface area contributed by atoms with Gasteiger partial charge in [-0.05, 0) is 55.9 Å². The summed E-state index contributed by atoms with van der Waals surface area (Å²) in [4.78, 5) is 12.1. The van der Waals surface area contributed by atoms with Gasteiger partial charge in [-0.1, -0.05) is 23.7 Å². The van der Waals surface area contributed by atoms with Crippen molar-refractivity contribution in [1.82, 2.24) is 5.16 Å². The SMILES string of the molecule is Cc1cc(Cl)ccc1OCC(=O)Nc1onc2c1C[C@@H](C)CC2. The molecule has 1 atom stereocenters. The molecule has 2 aromatic rings. The number of fused-ring (bicyclic) bond motifs is 1. The molecule has 1 heterocycles. The van der Waals surface area contributed by atoms with Gasteiger partial charge in [0.05, 0.1) is 5.69 Å². The van der Waals surface area contributed by atoms with Crippen LogP contribution < -0.4 is 10.1 Å². The molecule has 0 saturated carbocycles. The Balaban J connectivity index is 1.61. The maximum atomic E-state index is 12.1. The van der Waals surface area contributed by atoms with Crippen LogP contribution in [0.4, 0.5) is 5.88 Å². The minimum absolute atomic E-state index is 0.0898. The van der Waals surface area contributed by atoms with Gasteiger partial charge in [-0.15, -0.1) is 0 Å². The van der Waals surface area contributed by atoms with E-state index in [-0.39, 0.29) is 12.5 Å². The third-order valence-electron chi connectivity index (χ3n) is 4.04. The Kier molecular flexibility index (Phi) is 4.57. The van der Waals surface area contributed by atoms with Gasteiger partial charge >= 0.3 is 0 Å². The van der Waals surface area contributed by atoms with Gasteiger partial charge in [0.15, 0.2) is 6.61 Å². The topological polar surface area (TPSA) is 64.4 Å². The third kappa shape index (κ3) is 3.67. The average Bonchev–Trinajstić information content (AvgIpc) is 2.88. The first-order valence-corrected chi connectivity index (χ1v) is 8.07. The Morgan fingerprint density at radius 3 is 3.13 bits per heavy atom. The molecule has 122 valence electrons. The van der Waals surface area contributed by atoms with Gasteiger partial charge in [0.2, 0.25) is 5.88 Å². The van der Waals surface area contributed by atoms with Crippen molar-refractivity contribution in [2.75, 3.05) is 11.9 Å². The minimum Gasteiger partial charge on any atom is -0.483 e. The molecule has 0 fully saturated rings. The van der Waals surface area contributed by atoms with Crippen molar-refractivity contribution in [3.63, 3.8) is 0 Å². The number of aryl methyl sites for hydroxylation is 2. The summed E-state index contributed by atoms with van der Waals surface area (Å²) in [7, 11) is 0. The van der Waals surface area contributed by atoms with Crippen molar-refractivity contribution in [3.8, 4) is 5.75 Å². The molecule has 1 amide bonds. The predicted molar refractivity (Wildman–Crippen MR) is 88.0 cm³/mol. The van der Waals surface area contributed by atoms with Crippen molar-refractivity contribution in [2.24, 2.45) is 5.92 Å². The summed E-state index contributed by atoms with van der Waals surface area (Å²) in [5, 5.41) is 7.43. The zero-order valence-electron chi connectivity index (χ0n) is 13.2. The minimum atomic E-state index is -0.267. The Labute approximate surface area is 139 Å². The Bertz CT molecular complexity index is 727. The molecular formula is C17H19ClN2O3. The molecule has 3 rings (SSSR count). The van der Waals surface area contributed by atoms with Gasteiger partial charge in [0.1, 0.15) is 5.75 Å². The van der Waals surface area contributed by atoms with Crippen LogP contribution in [0.2, 0.25) is 5.02 Å². The lowest BCUT2D eigenvalue weighted by atomic mass is 9.89. The summed E-state index contributed by atoms with van der Waals surface area (Å²) in [5.74, 6) is 1.40. The highest BCUT2D eigenvalue weighted by Gasteiger charge is 2.24. The molecule has 1 aliphatic carbocycles. The summed E-state index contributed by atoms with van der Waals surface area (Å²) in [5.41, 5.74) is 2.85. The highest BCUT2D eigenvalue weighted by atomic mass is 35.5. The van der Waals surface area contributed by atoms with Crippen LogP contribution in [0.15, 0.2) is 22.7 Å². The van der Waals surface area contributed by atoms with Gasteiger partial charge in [0.25, 0.3) is 5.91 Å². The number of anilines is 1. The van der Waals surface area contributed by atoms with E-state index in [1.54, 1.807) is 18.2 Å². The summed E-state index contributed by atoms with van der Waals surface area (Å²) < 4.78 is 10.8. The van der Waals surface area contributed by atoms with E-state index in [1.165, 1.54) is 0 Å². The van der Waals surface area contributed by atoms with E-state index < -0.39 is 0 Å². The number of benzene rings is 1. The smallest absolute Gasteiger partial charge is 0.264 e. The number of carbonyl (C=O) groups is 1. The van der Waals surface area contributed by atoms with Crippen molar-refractivity contribution < 1.29 is 14.1 Å². The number of aromatic nitrogens is 1. The second kappa shape index (κ2) is 6.62. The molecule has 1 aromatic heterocycles. The molecule has 23 heavy (non-hydrogen) atoms. The van der Waals surface area contributed by atoms with Gasteiger partial charge in [-0.25, -0.2) is 0 Å². The molecule has 5 nitrogen and oxygen atoms in total. The van der Waals surface area contributed by atoms with E-state index >= 15 is 0 Å². The van der Waals surface area contributed by atoms with Crippen LogP contribution in [0.3, 0.4) is 0 Å². The number of nitrogens with one attached hydrogen (secondary N) is 1. The third-order valence-corrected chi connectivity index (χ3v) is 4.28. The van der Waals surface area contributed by atoms with Crippen LogP contribution in [-0.4, -0.2) is 17.7 Å². The molecule has 6 heteroatoms.